The summed E-state index contributed by atoms with van der Waals surface area (Å²) in [5, 5.41) is 6.14. The fourth-order valence-electron chi connectivity index (χ4n) is 3.55. The van der Waals surface area contributed by atoms with Gasteiger partial charge in [-0.3, -0.25) is 10.1 Å². The minimum absolute atomic E-state index is 0.119. The van der Waals surface area contributed by atoms with Crippen LogP contribution in [0.4, 0.5) is 10.5 Å². The first-order chi connectivity index (χ1) is 14.8. The molecule has 0 saturated carbocycles. The lowest BCUT2D eigenvalue weighted by Crippen LogP contribution is -2.43. The van der Waals surface area contributed by atoms with E-state index < -0.39 is 6.09 Å². The lowest BCUT2D eigenvalue weighted by atomic mass is 9.85. The number of anilines is 1. The Labute approximate surface area is 183 Å². The van der Waals surface area contributed by atoms with Gasteiger partial charge in [0, 0.05) is 34.1 Å². The van der Waals surface area contributed by atoms with Crippen LogP contribution in [0.1, 0.15) is 55.1 Å². The number of rotatable bonds is 7. The average Bonchev–Trinajstić information content (AvgIpc) is 2.73. The van der Waals surface area contributed by atoms with E-state index in [1.165, 1.54) is 5.56 Å². The highest BCUT2D eigenvalue weighted by atomic mass is 16.5. The molecule has 6 heteroatoms. The Balaban J connectivity index is 1.76. The Morgan fingerprint density at radius 1 is 1.16 bits per heavy atom. The van der Waals surface area contributed by atoms with E-state index in [2.05, 4.69) is 30.5 Å². The van der Waals surface area contributed by atoms with Crippen LogP contribution in [0.25, 0.3) is 5.70 Å². The molecule has 1 aliphatic rings. The fraction of sp³-hybridized carbons (Fsp3) is 0.360. The fourth-order valence-corrected chi connectivity index (χ4v) is 3.55. The number of ether oxygens (including phenoxy) is 2. The molecule has 2 aromatic rings. The summed E-state index contributed by atoms with van der Waals surface area (Å²) in [7, 11) is 1.63. The Bertz CT molecular complexity index is 978. The van der Waals surface area contributed by atoms with Crippen LogP contribution in [-0.4, -0.2) is 31.1 Å². The third kappa shape index (κ3) is 5.87. The maximum absolute atomic E-state index is 12.9. The zero-order chi connectivity index (χ0) is 22.4. The van der Waals surface area contributed by atoms with Gasteiger partial charge < -0.3 is 14.8 Å². The van der Waals surface area contributed by atoms with Crippen molar-refractivity contribution in [1.82, 2.24) is 5.32 Å². The Kier molecular flexibility index (Phi) is 7.00. The molecule has 1 heterocycles. The van der Waals surface area contributed by atoms with Crippen LogP contribution in [0.15, 0.2) is 48.5 Å². The monoisotopic (exact) mass is 422 g/mol. The number of fused-ring (bicyclic) bond motifs is 1. The van der Waals surface area contributed by atoms with Gasteiger partial charge in [0.15, 0.2) is 5.78 Å². The van der Waals surface area contributed by atoms with Crippen LogP contribution in [0.3, 0.4) is 0 Å². The second-order valence-corrected chi connectivity index (χ2v) is 8.32. The van der Waals surface area contributed by atoms with Crippen molar-refractivity contribution in [2.24, 2.45) is 0 Å². The topological polar surface area (TPSA) is 76.7 Å². The maximum atomic E-state index is 12.9. The van der Waals surface area contributed by atoms with Gasteiger partial charge in [0.05, 0.1) is 13.7 Å². The number of nitrogens with one attached hydrogen (secondary N) is 2. The molecule has 164 valence electrons. The molecule has 0 atom stereocenters. The molecule has 3 rings (SSSR count). The highest BCUT2D eigenvalue weighted by molar-refractivity contribution is 6.09. The van der Waals surface area contributed by atoms with Crippen LogP contribution < -0.4 is 15.4 Å². The molecule has 6 nitrogen and oxygen atoms in total. The van der Waals surface area contributed by atoms with Crippen LogP contribution in [0.2, 0.25) is 0 Å². The lowest BCUT2D eigenvalue weighted by molar-refractivity contribution is 0.104. The summed E-state index contributed by atoms with van der Waals surface area (Å²) in [6, 6.07) is 12.7. The van der Waals surface area contributed by atoms with Crippen LogP contribution in [0.5, 0.6) is 5.75 Å². The van der Waals surface area contributed by atoms with Crippen molar-refractivity contribution >= 4 is 23.3 Å². The molecule has 1 aliphatic heterocycles. The smallest absolute Gasteiger partial charge is 0.411 e. The number of methoxy groups -OCH3 is 1. The summed E-state index contributed by atoms with van der Waals surface area (Å²) in [5.41, 5.74) is 3.87. The average molecular weight is 423 g/mol. The van der Waals surface area contributed by atoms with Gasteiger partial charge in [-0.1, -0.05) is 19.4 Å². The second kappa shape index (κ2) is 9.69. The Morgan fingerprint density at radius 3 is 2.58 bits per heavy atom. The first-order valence-corrected chi connectivity index (χ1v) is 10.6. The zero-order valence-corrected chi connectivity index (χ0v) is 18.6. The first kappa shape index (κ1) is 22.4. The standard InChI is InChI=1S/C25H30N2O4/c1-5-6-13-31-24(29)26-19-10-7-17(8-11-19)23(28)15-22-21-14-20(30-4)12-9-18(21)16-25(2,3)27-22/h7-12,14-15,27H,5-6,13,16H2,1-4H3,(H,26,29). The predicted octanol–water partition coefficient (Wildman–Crippen LogP) is 5.19. The highest BCUT2D eigenvalue weighted by Gasteiger charge is 2.28. The summed E-state index contributed by atoms with van der Waals surface area (Å²) in [5.74, 6) is 0.630. The molecule has 2 N–H and O–H groups in total. The molecule has 0 radical (unpaired) electrons. The highest BCUT2D eigenvalue weighted by Crippen LogP contribution is 2.32. The van der Waals surface area contributed by atoms with Gasteiger partial charge in [0.25, 0.3) is 0 Å². The summed E-state index contributed by atoms with van der Waals surface area (Å²) >= 11 is 0. The second-order valence-electron chi connectivity index (χ2n) is 8.32. The summed E-state index contributed by atoms with van der Waals surface area (Å²) in [4.78, 5) is 24.7. The van der Waals surface area contributed by atoms with Crippen molar-refractivity contribution in [3.63, 3.8) is 0 Å². The molecule has 31 heavy (non-hydrogen) atoms. The molecule has 0 saturated heterocycles. The van der Waals surface area contributed by atoms with Crippen molar-refractivity contribution < 1.29 is 19.1 Å². The zero-order valence-electron chi connectivity index (χ0n) is 18.6. The third-order valence-electron chi connectivity index (χ3n) is 5.13. The molecule has 0 unspecified atom stereocenters. The van der Waals surface area contributed by atoms with Gasteiger partial charge in [0.1, 0.15) is 5.75 Å². The van der Waals surface area contributed by atoms with Gasteiger partial charge in [-0.15, -0.1) is 0 Å². The molecular formula is C25H30N2O4. The minimum atomic E-state index is -0.492. The number of carbonyl (C=O) groups excluding carboxylic acids is 2. The van der Waals surface area contributed by atoms with Gasteiger partial charge in [0.2, 0.25) is 0 Å². The van der Waals surface area contributed by atoms with Gasteiger partial charge in [-0.25, -0.2) is 4.79 Å². The van der Waals surface area contributed by atoms with E-state index >= 15 is 0 Å². The normalized spacial score (nSPS) is 15.5. The van der Waals surface area contributed by atoms with Gasteiger partial charge in [-0.05, 0) is 68.7 Å². The van der Waals surface area contributed by atoms with Crippen molar-refractivity contribution in [3.8, 4) is 5.75 Å². The number of allylic oxidation sites excluding steroid dienone is 1. The van der Waals surface area contributed by atoms with Crippen molar-refractivity contribution in [1.29, 1.82) is 0 Å². The van der Waals surface area contributed by atoms with Crippen LogP contribution in [-0.2, 0) is 11.2 Å². The largest absolute Gasteiger partial charge is 0.497 e. The quantitative estimate of drug-likeness (QED) is 0.365. The number of unbranched alkanes of at least 4 members (excludes halogenated alkanes) is 1. The van der Waals surface area contributed by atoms with E-state index in [9.17, 15) is 9.59 Å². The number of carbonyl (C=O) groups is 2. The molecular weight excluding hydrogens is 392 g/mol. The van der Waals surface area contributed by atoms with Crippen molar-refractivity contribution in [2.45, 2.75) is 45.6 Å². The predicted molar refractivity (Wildman–Crippen MR) is 123 cm³/mol. The molecule has 0 aliphatic carbocycles. The van der Waals surface area contributed by atoms with E-state index in [1.807, 2.05) is 19.1 Å². The van der Waals surface area contributed by atoms with Gasteiger partial charge >= 0.3 is 6.09 Å². The van der Waals surface area contributed by atoms with Gasteiger partial charge in [-0.2, -0.15) is 0 Å². The first-order valence-electron chi connectivity index (χ1n) is 10.6. The van der Waals surface area contributed by atoms with Crippen LogP contribution in [0, 0.1) is 0 Å². The van der Waals surface area contributed by atoms with Crippen molar-refractivity contribution in [3.05, 3.63) is 65.2 Å². The molecule has 0 aromatic heterocycles. The Morgan fingerprint density at radius 2 is 1.90 bits per heavy atom. The molecule has 0 bridgehead atoms. The number of hydrogen-bond donors (Lipinski definition) is 2. The number of ketones is 1. The third-order valence-corrected chi connectivity index (χ3v) is 5.13. The van der Waals surface area contributed by atoms with Crippen LogP contribution >= 0.6 is 0 Å². The molecule has 1 amide bonds. The van der Waals surface area contributed by atoms with Crippen molar-refractivity contribution in [2.75, 3.05) is 19.0 Å². The summed E-state index contributed by atoms with van der Waals surface area (Å²) in [6.45, 7) is 6.64. The summed E-state index contributed by atoms with van der Waals surface area (Å²) < 4.78 is 10.5. The van der Waals surface area contributed by atoms with E-state index in [1.54, 1.807) is 37.5 Å². The lowest BCUT2D eigenvalue weighted by Gasteiger charge is -2.35. The number of hydrogen-bond acceptors (Lipinski definition) is 5. The number of amides is 1. The number of benzene rings is 2. The van der Waals surface area contributed by atoms with E-state index in [-0.39, 0.29) is 11.3 Å². The van der Waals surface area contributed by atoms with E-state index in [4.69, 9.17) is 9.47 Å². The molecule has 0 spiro atoms. The molecule has 0 fully saturated rings. The SMILES string of the molecule is CCCCOC(=O)Nc1ccc(C(=O)C=C2NC(C)(C)Cc3ccc(OC)cc32)cc1. The minimum Gasteiger partial charge on any atom is -0.497 e. The van der Waals surface area contributed by atoms with E-state index in [0.29, 0.717) is 17.9 Å². The van der Waals surface area contributed by atoms with E-state index in [0.717, 1.165) is 36.3 Å². The Hall–Kier alpha value is -3.28. The maximum Gasteiger partial charge on any atom is 0.411 e. The molecule has 2 aromatic carbocycles. The summed E-state index contributed by atoms with van der Waals surface area (Å²) in [6.07, 6.45) is 3.78.